The van der Waals surface area contributed by atoms with E-state index in [9.17, 15) is 17.2 Å². The summed E-state index contributed by atoms with van der Waals surface area (Å²) in [4.78, 5) is 0. The number of rotatable bonds is 6. The van der Waals surface area contributed by atoms with Crippen LogP contribution in [0.15, 0.2) is 12.1 Å². The second-order valence-corrected chi connectivity index (χ2v) is 6.49. The SMILES string of the molecule is CN(C)S(=O)(=O)CCNCc1cc(F)c(O)c(F)c1. The smallest absolute Gasteiger partial charge is 0.214 e. The van der Waals surface area contributed by atoms with Gasteiger partial charge in [-0.1, -0.05) is 0 Å². The first-order valence-electron chi connectivity index (χ1n) is 5.52. The predicted molar refractivity (Wildman–Crippen MR) is 67.2 cm³/mol. The van der Waals surface area contributed by atoms with Crippen LogP contribution in [0.4, 0.5) is 8.78 Å². The van der Waals surface area contributed by atoms with E-state index in [1.54, 1.807) is 0 Å². The number of phenols is 1. The Bertz CT molecular complexity index is 524. The van der Waals surface area contributed by atoms with Crippen molar-refractivity contribution in [3.8, 4) is 5.75 Å². The molecule has 0 radical (unpaired) electrons. The molecular formula is C11H16F2N2O3S. The highest BCUT2D eigenvalue weighted by atomic mass is 32.2. The standard InChI is InChI=1S/C11H16F2N2O3S/c1-15(2)19(17,18)4-3-14-7-8-5-9(12)11(16)10(13)6-8/h5-6,14,16H,3-4,7H2,1-2H3. The molecule has 8 heteroatoms. The highest BCUT2D eigenvalue weighted by molar-refractivity contribution is 7.89. The summed E-state index contributed by atoms with van der Waals surface area (Å²) in [6.45, 7) is 0.266. The van der Waals surface area contributed by atoms with E-state index < -0.39 is 27.4 Å². The molecule has 0 amide bonds. The quantitative estimate of drug-likeness (QED) is 0.756. The van der Waals surface area contributed by atoms with Gasteiger partial charge in [-0.3, -0.25) is 0 Å². The summed E-state index contributed by atoms with van der Waals surface area (Å²) in [5.41, 5.74) is 0.287. The lowest BCUT2D eigenvalue weighted by atomic mass is 10.2. The zero-order valence-electron chi connectivity index (χ0n) is 10.7. The van der Waals surface area contributed by atoms with Gasteiger partial charge in [0.15, 0.2) is 17.4 Å². The molecule has 1 rings (SSSR count). The minimum atomic E-state index is -3.29. The summed E-state index contributed by atoms with van der Waals surface area (Å²) >= 11 is 0. The lowest BCUT2D eigenvalue weighted by Gasteiger charge is -2.11. The van der Waals surface area contributed by atoms with E-state index in [0.717, 1.165) is 16.4 Å². The highest BCUT2D eigenvalue weighted by Crippen LogP contribution is 2.21. The van der Waals surface area contributed by atoms with Gasteiger partial charge in [0.05, 0.1) is 5.75 Å². The van der Waals surface area contributed by atoms with Gasteiger partial charge in [-0.25, -0.2) is 21.5 Å². The van der Waals surface area contributed by atoms with E-state index in [-0.39, 0.29) is 24.4 Å². The fraction of sp³-hybridized carbons (Fsp3) is 0.455. The van der Waals surface area contributed by atoms with E-state index in [1.165, 1.54) is 14.1 Å². The lowest BCUT2D eigenvalue weighted by Crippen LogP contribution is -2.31. The first-order chi connectivity index (χ1) is 8.74. The number of benzene rings is 1. The Balaban J connectivity index is 2.51. The lowest BCUT2D eigenvalue weighted by molar-refractivity contribution is 0.395. The van der Waals surface area contributed by atoms with Crippen LogP contribution in [-0.2, 0) is 16.6 Å². The van der Waals surface area contributed by atoms with Gasteiger partial charge in [-0.05, 0) is 17.7 Å². The molecule has 0 bridgehead atoms. The van der Waals surface area contributed by atoms with Crippen LogP contribution in [0.2, 0.25) is 0 Å². The average molecular weight is 294 g/mol. The number of phenolic OH excluding ortho intramolecular Hbond substituents is 1. The van der Waals surface area contributed by atoms with Crippen molar-refractivity contribution >= 4 is 10.0 Å². The van der Waals surface area contributed by atoms with Crippen LogP contribution in [0.1, 0.15) is 5.56 Å². The van der Waals surface area contributed by atoms with E-state index in [1.807, 2.05) is 0 Å². The molecule has 108 valence electrons. The molecule has 0 aliphatic carbocycles. The van der Waals surface area contributed by atoms with Gasteiger partial charge in [0.2, 0.25) is 10.0 Å². The molecule has 0 aromatic heterocycles. The van der Waals surface area contributed by atoms with Crippen molar-refractivity contribution in [2.75, 3.05) is 26.4 Å². The van der Waals surface area contributed by atoms with Crippen molar-refractivity contribution < 1.29 is 22.3 Å². The van der Waals surface area contributed by atoms with Crippen molar-refractivity contribution in [1.82, 2.24) is 9.62 Å². The Morgan fingerprint density at radius 1 is 1.26 bits per heavy atom. The van der Waals surface area contributed by atoms with Gasteiger partial charge in [-0.2, -0.15) is 0 Å². The molecule has 0 atom stereocenters. The predicted octanol–water partition coefficient (Wildman–Crippen LogP) is 0.651. The van der Waals surface area contributed by atoms with E-state index >= 15 is 0 Å². The number of halogens is 2. The van der Waals surface area contributed by atoms with Crippen molar-refractivity contribution in [1.29, 1.82) is 0 Å². The zero-order valence-corrected chi connectivity index (χ0v) is 11.5. The third-order valence-electron chi connectivity index (χ3n) is 2.50. The van der Waals surface area contributed by atoms with Gasteiger partial charge in [0, 0.05) is 27.2 Å². The van der Waals surface area contributed by atoms with Crippen molar-refractivity contribution in [2.45, 2.75) is 6.54 Å². The van der Waals surface area contributed by atoms with Crippen molar-refractivity contribution in [3.63, 3.8) is 0 Å². The van der Waals surface area contributed by atoms with Crippen LogP contribution in [-0.4, -0.2) is 44.2 Å². The number of sulfonamides is 1. The number of nitrogens with zero attached hydrogens (tertiary/aromatic N) is 1. The van der Waals surface area contributed by atoms with Gasteiger partial charge in [-0.15, -0.1) is 0 Å². The molecule has 0 unspecified atom stereocenters. The van der Waals surface area contributed by atoms with Crippen molar-refractivity contribution in [3.05, 3.63) is 29.3 Å². The summed E-state index contributed by atoms with van der Waals surface area (Å²) in [6.07, 6.45) is 0. The first-order valence-corrected chi connectivity index (χ1v) is 7.13. The summed E-state index contributed by atoms with van der Waals surface area (Å²) in [5, 5.41) is 11.7. The normalized spacial score (nSPS) is 12.1. The monoisotopic (exact) mass is 294 g/mol. The fourth-order valence-corrected chi connectivity index (χ4v) is 2.10. The Morgan fingerprint density at radius 3 is 2.26 bits per heavy atom. The molecule has 0 fully saturated rings. The van der Waals surface area contributed by atoms with Crippen LogP contribution >= 0.6 is 0 Å². The Morgan fingerprint density at radius 2 is 1.79 bits per heavy atom. The third-order valence-corrected chi connectivity index (χ3v) is 4.33. The van der Waals surface area contributed by atoms with Crippen LogP contribution in [0.25, 0.3) is 0 Å². The maximum Gasteiger partial charge on any atom is 0.214 e. The van der Waals surface area contributed by atoms with E-state index in [2.05, 4.69) is 5.32 Å². The summed E-state index contributed by atoms with van der Waals surface area (Å²) < 4.78 is 50.0. The molecule has 0 heterocycles. The first kappa shape index (κ1) is 15.8. The molecule has 19 heavy (non-hydrogen) atoms. The number of aromatic hydroxyl groups is 1. The Hall–Kier alpha value is -1.25. The van der Waals surface area contributed by atoms with Crippen molar-refractivity contribution in [2.24, 2.45) is 0 Å². The van der Waals surface area contributed by atoms with Gasteiger partial charge < -0.3 is 10.4 Å². The van der Waals surface area contributed by atoms with Crippen LogP contribution in [0, 0.1) is 11.6 Å². The van der Waals surface area contributed by atoms with Gasteiger partial charge >= 0.3 is 0 Å². The van der Waals surface area contributed by atoms with E-state index in [0.29, 0.717) is 0 Å². The Labute approximate surface area is 110 Å². The van der Waals surface area contributed by atoms with Crippen LogP contribution < -0.4 is 5.32 Å². The van der Waals surface area contributed by atoms with Gasteiger partial charge in [0.1, 0.15) is 0 Å². The Kier molecular flexibility index (Phi) is 5.21. The molecule has 1 aromatic rings. The summed E-state index contributed by atoms with van der Waals surface area (Å²) in [6, 6.07) is 1.98. The van der Waals surface area contributed by atoms with Crippen LogP contribution in [0.5, 0.6) is 5.75 Å². The molecule has 2 N–H and O–H groups in total. The molecule has 5 nitrogen and oxygen atoms in total. The molecular weight excluding hydrogens is 278 g/mol. The molecule has 0 aliphatic rings. The highest BCUT2D eigenvalue weighted by Gasteiger charge is 2.13. The topological polar surface area (TPSA) is 69.6 Å². The molecule has 0 saturated carbocycles. The summed E-state index contributed by atoms with van der Waals surface area (Å²) in [5.74, 6) is -3.21. The number of nitrogens with one attached hydrogen (secondary N) is 1. The van der Waals surface area contributed by atoms with Gasteiger partial charge in [0.25, 0.3) is 0 Å². The molecule has 0 spiro atoms. The number of hydrogen-bond donors (Lipinski definition) is 2. The largest absolute Gasteiger partial charge is 0.503 e. The van der Waals surface area contributed by atoms with Crippen LogP contribution in [0.3, 0.4) is 0 Å². The second-order valence-electron chi connectivity index (χ2n) is 4.18. The maximum atomic E-state index is 13.0. The second kappa shape index (κ2) is 6.27. The minimum Gasteiger partial charge on any atom is -0.503 e. The minimum absolute atomic E-state index is 0.108. The zero-order chi connectivity index (χ0) is 14.6. The summed E-state index contributed by atoms with van der Waals surface area (Å²) in [7, 11) is -0.432. The maximum absolute atomic E-state index is 13.0. The third kappa shape index (κ3) is 4.41. The van der Waals surface area contributed by atoms with E-state index in [4.69, 9.17) is 5.11 Å². The average Bonchev–Trinajstić information content (AvgIpc) is 2.31. The molecule has 0 aliphatic heterocycles. The number of hydrogen-bond acceptors (Lipinski definition) is 4. The molecule has 0 saturated heterocycles. The fourth-order valence-electron chi connectivity index (χ4n) is 1.34. The molecule has 1 aromatic carbocycles.